The summed E-state index contributed by atoms with van der Waals surface area (Å²) in [6.45, 7) is 1.86. The second-order valence-electron chi connectivity index (χ2n) is 4.40. The molecule has 0 saturated heterocycles. The van der Waals surface area contributed by atoms with Crippen molar-refractivity contribution in [3.63, 3.8) is 0 Å². The Balaban J connectivity index is 2.57. The number of nitrogens with one attached hydrogen (secondary N) is 1. The maximum Gasteiger partial charge on any atom is 0.178 e. The molecule has 1 atom stereocenters. The number of fused-ring (bicyclic) bond motifs is 1. The Bertz CT molecular complexity index is 746. The molecule has 1 N–H and O–H groups in total. The minimum atomic E-state index is -3.03. The fourth-order valence-corrected chi connectivity index (χ4v) is 3.96. The normalized spacial score (nSPS) is 13.9. The van der Waals surface area contributed by atoms with Gasteiger partial charge >= 0.3 is 0 Å². The van der Waals surface area contributed by atoms with Gasteiger partial charge in [-0.05, 0) is 59.9 Å². The molecule has 1 heterocycles. The summed E-state index contributed by atoms with van der Waals surface area (Å²) in [4.78, 5) is 3.11. The number of H-pyrrole nitrogens is 1. The predicted molar refractivity (Wildman–Crippen MR) is 84.3 cm³/mol. The number of nitrogens with zero attached hydrogens (tertiary/aromatic N) is 1. The molecule has 7 heteroatoms. The van der Waals surface area contributed by atoms with Crippen LogP contribution in [0.2, 0.25) is 0 Å². The van der Waals surface area contributed by atoms with Crippen molar-refractivity contribution in [2.45, 2.75) is 13.0 Å². The van der Waals surface area contributed by atoms with Crippen molar-refractivity contribution < 1.29 is 8.42 Å². The standard InChI is InChI=1S/C11H13IN2O2S2/c1-7(6-18(2,15)16)14-10-4-3-8(12)5-9(10)13-11(14)17/h3-5,7H,6H2,1-2H3,(H,13,17). The molecule has 0 spiro atoms. The van der Waals surface area contributed by atoms with Gasteiger partial charge in [-0.25, -0.2) is 8.42 Å². The number of halogens is 1. The molecule has 0 aliphatic rings. The van der Waals surface area contributed by atoms with Crippen LogP contribution in [-0.2, 0) is 9.84 Å². The summed E-state index contributed by atoms with van der Waals surface area (Å²) in [5.74, 6) is 0.0836. The number of hydrogen-bond acceptors (Lipinski definition) is 3. The van der Waals surface area contributed by atoms with Crippen LogP contribution in [0.15, 0.2) is 18.2 Å². The van der Waals surface area contributed by atoms with E-state index in [9.17, 15) is 8.42 Å². The molecule has 1 unspecified atom stereocenters. The average Bonchev–Trinajstić information content (AvgIpc) is 2.50. The highest BCUT2D eigenvalue weighted by atomic mass is 127. The van der Waals surface area contributed by atoms with Gasteiger partial charge in [0, 0.05) is 15.9 Å². The number of aromatic nitrogens is 2. The van der Waals surface area contributed by atoms with E-state index in [1.807, 2.05) is 29.7 Å². The van der Waals surface area contributed by atoms with E-state index in [1.54, 1.807) is 0 Å². The number of sulfone groups is 1. The van der Waals surface area contributed by atoms with E-state index in [1.165, 1.54) is 6.26 Å². The maximum absolute atomic E-state index is 11.4. The predicted octanol–water partition coefficient (Wildman–Crippen LogP) is 2.91. The molecule has 1 aromatic heterocycles. The fourth-order valence-electron chi connectivity index (χ4n) is 2.05. The lowest BCUT2D eigenvalue weighted by atomic mass is 10.3. The summed E-state index contributed by atoms with van der Waals surface area (Å²) >= 11 is 7.50. The summed E-state index contributed by atoms with van der Waals surface area (Å²) in [6, 6.07) is 5.76. The number of rotatable bonds is 3. The van der Waals surface area contributed by atoms with Crippen LogP contribution in [0.5, 0.6) is 0 Å². The van der Waals surface area contributed by atoms with Crippen molar-refractivity contribution in [3.05, 3.63) is 26.5 Å². The molecule has 1 aromatic carbocycles. The topological polar surface area (TPSA) is 54.9 Å². The molecule has 0 bridgehead atoms. The van der Waals surface area contributed by atoms with Crippen molar-refractivity contribution in [3.8, 4) is 0 Å². The van der Waals surface area contributed by atoms with Gasteiger partial charge in [-0.1, -0.05) is 0 Å². The first-order valence-electron chi connectivity index (χ1n) is 5.35. The van der Waals surface area contributed by atoms with Crippen LogP contribution in [0.3, 0.4) is 0 Å². The Kier molecular flexibility index (Phi) is 3.84. The smallest absolute Gasteiger partial charge is 0.178 e. The molecule has 0 saturated carbocycles. The highest BCUT2D eigenvalue weighted by Crippen LogP contribution is 2.21. The van der Waals surface area contributed by atoms with E-state index in [2.05, 4.69) is 27.6 Å². The van der Waals surface area contributed by atoms with Crippen LogP contribution in [0.1, 0.15) is 13.0 Å². The Labute approximate surface area is 124 Å². The first kappa shape index (κ1) is 14.0. The van der Waals surface area contributed by atoms with Crippen LogP contribution in [0.25, 0.3) is 11.0 Å². The second-order valence-corrected chi connectivity index (χ2v) is 8.22. The highest BCUT2D eigenvalue weighted by Gasteiger charge is 2.16. The summed E-state index contributed by atoms with van der Waals surface area (Å²) in [5.41, 5.74) is 1.88. The van der Waals surface area contributed by atoms with Crippen molar-refractivity contribution >= 4 is 55.7 Å². The van der Waals surface area contributed by atoms with Gasteiger partial charge in [0.1, 0.15) is 9.84 Å². The van der Waals surface area contributed by atoms with Gasteiger partial charge in [0.05, 0.1) is 16.8 Å². The summed E-state index contributed by atoms with van der Waals surface area (Å²) in [7, 11) is -3.03. The average molecular weight is 396 g/mol. The zero-order valence-electron chi connectivity index (χ0n) is 9.97. The Morgan fingerprint density at radius 3 is 2.78 bits per heavy atom. The third-order valence-electron chi connectivity index (χ3n) is 2.66. The van der Waals surface area contributed by atoms with E-state index in [0.717, 1.165) is 14.6 Å². The molecule has 98 valence electrons. The third-order valence-corrected chi connectivity index (χ3v) is 4.72. The molecule has 0 aliphatic carbocycles. The summed E-state index contributed by atoms with van der Waals surface area (Å²) in [6.07, 6.45) is 1.24. The molecule has 2 aromatic rings. The summed E-state index contributed by atoms with van der Waals surface area (Å²) < 4.78 is 26.3. The maximum atomic E-state index is 11.4. The van der Waals surface area contributed by atoms with Gasteiger partial charge in [-0.2, -0.15) is 0 Å². The van der Waals surface area contributed by atoms with Gasteiger partial charge in [-0.3, -0.25) is 0 Å². The molecule has 2 rings (SSSR count). The largest absolute Gasteiger partial charge is 0.331 e. The van der Waals surface area contributed by atoms with Gasteiger partial charge in [-0.15, -0.1) is 0 Å². The van der Waals surface area contributed by atoms with E-state index < -0.39 is 9.84 Å². The number of aromatic amines is 1. The fraction of sp³-hybridized carbons (Fsp3) is 0.364. The lowest BCUT2D eigenvalue weighted by Crippen LogP contribution is -2.16. The monoisotopic (exact) mass is 396 g/mol. The first-order valence-corrected chi connectivity index (χ1v) is 8.90. The van der Waals surface area contributed by atoms with Crippen LogP contribution < -0.4 is 0 Å². The van der Waals surface area contributed by atoms with Gasteiger partial charge in [0.2, 0.25) is 0 Å². The van der Waals surface area contributed by atoms with Gasteiger partial charge in [0.15, 0.2) is 4.77 Å². The highest BCUT2D eigenvalue weighted by molar-refractivity contribution is 14.1. The van der Waals surface area contributed by atoms with E-state index in [4.69, 9.17) is 12.2 Å². The van der Waals surface area contributed by atoms with E-state index in [0.29, 0.717) is 4.77 Å². The SMILES string of the molecule is CC(CS(C)(=O)=O)n1c(=S)[nH]c2cc(I)ccc21. The number of benzene rings is 1. The van der Waals surface area contributed by atoms with E-state index in [-0.39, 0.29) is 11.8 Å². The molecule has 18 heavy (non-hydrogen) atoms. The lowest BCUT2D eigenvalue weighted by molar-refractivity contribution is 0.566. The van der Waals surface area contributed by atoms with E-state index >= 15 is 0 Å². The Morgan fingerprint density at radius 2 is 2.17 bits per heavy atom. The Morgan fingerprint density at radius 1 is 1.50 bits per heavy atom. The van der Waals surface area contributed by atoms with Crippen LogP contribution in [0.4, 0.5) is 0 Å². The molecule has 0 fully saturated rings. The molecule has 0 radical (unpaired) electrons. The van der Waals surface area contributed by atoms with Gasteiger partial charge < -0.3 is 9.55 Å². The van der Waals surface area contributed by atoms with Crippen molar-refractivity contribution in [1.82, 2.24) is 9.55 Å². The molecular weight excluding hydrogens is 383 g/mol. The number of hydrogen-bond donors (Lipinski definition) is 1. The van der Waals surface area contributed by atoms with Crippen LogP contribution in [0, 0.1) is 8.34 Å². The minimum absolute atomic E-state index is 0.0836. The quantitative estimate of drug-likeness (QED) is 0.641. The van der Waals surface area contributed by atoms with Crippen molar-refractivity contribution in [1.29, 1.82) is 0 Å². The number of imidazole rings is 1. The lowest BCUT2D eigenvalue weighted by Gasteiger charge is -2.13. The molecule has 0 aliphatic heterocycles. The third kappa shape index (κ3) is 2.94. The zero-order chi connectivity index (χ0) is 13.5. The molecule has 0 amide bonds. The zero-order valence-corrected chi connectivity index (χ0v) is 13.8. The van der Waals surface area contributed by atoms with Crippen molar-refractivity contribution in [2.24, 2.45) is 0 Å². The van der Waals surface area contributed by atoms with Crippen molar-refractivity contribution in [2.75, 3.05) is 12.0 Å². The summed E-state index contributed by atoms with van der Waals surface area (Å²) in [5, 5.41) is 0. The van der Waals surface area contributed by atoms with Crippen LogP contribution >= 0.6 is 34.8 Å². The molecule has 4 nitrogen and oxygen atoms in total. The Hall–Kier alpha value is -0.410. The molecular formula is C11H13IN2O2S2. The minimum Gasteiger partial charge on any atom is -0.331 e. The van der Waals surface area contributed by atoms with Crippen LogP contribution in [-0.4, -0.2) is 30.0 Å². The van der Waals surface area contributed by atoms with Gasteiger partial charge in [0.25, 0.3) is 0 Å². The second kappa shape index (κ2) is 4.93. The first-order chi connectivity index (χ1) is 8.28.